The third-order valence-electron chi connectivity index (χ3n) is 3.05. The smallest absolute Gasteiger partial charge is 0.261 e. The van der Waals surface area contributed by atoms with Crippen LogP contribution in [0.4, 0.5) is 0 Å². The summed E-state index contributed by atoms with van der Waals surface area (Å²) in [6, 6.07) is 7.04. The summed E-state index contributed by atoms with van der Waals surface area (Å²) in [5.41, 5.74) is 0.292. The largest absolute Gasteiger partial charge is 0.506 e. The highest BCUT2D eigenvalue weighted by molar-refractivity contribution is 7.80. The minimum absolute atomic E-state index is 0.0885. The van der Waals surface area contributed by atoms with Crippen LogP contribution in [-0.2, 0) is 0 Å². The number of thiocarbonyl (C=S) groups is 1. The molecule has 0 amide bonds. The fourth-order valence-corrected chi connectivity index (χ4v) is 2.06. The van der Waals surface area contributed by atoms with Gasteiger partial charge in [-0.3, -0.25) is 4.79 Å². The van der Waals surface area contributed by atoms with E-state index in [1.165, 1.54) is 6.21 Å². The zero-order valence-corrected chi connectivity index (χ0v) is 12.5. The molecular weight excluding hydrogens is 286 g/mol. The molecular formula is C15H17N3O2S. The van der Waals surface area contributed by atoms with Crippen LogP contribution in [0.5, 0.6) is 5.75 Å². The summed E-state index contributed by atoms with van der Waals surface area (Å²) in [6.45, 7) is 2.83. The topological polar surface area (TPSA) is 77.5 Å². The van der Waals surface area contributed by atoms with Gasteiger partial charge in [0.05, 0.1) is 5.52 Å². The van der Waals surface area contributed by atoms with Crippen molar-refractivity contribution in [3.8, 4) is 5.75 Å². The molecule has 6 heteroatoms. The predicted molar refractivity (Wildman–Crippen MR) is 89.3 cm³/mol. The van der Waals surface area contributed by atoms with Gasteiger partial charge in [0.1, 0.15) is 11.3 Å². The molecule has 5 nitrogen and oxygen atoms in total. The lowest BCUT2D eigenvalue weighted by atomic mass is 10.1. The number of aromatic nitrogens is 1. The maximum Gasteiger partial charge on any atom is 0.261 e. The molecule has 0 atom stereocenters. The van der Waals surface area contributed by atoms with E-state index in [2.05, 4.69) is 22.2 Å². The first-order valence-corrected chi connectivity index (χ1v) is 7.20. The van der Waals surface area contributed by atoms with Gasteiger partial charge in [-0.1, -0.05) is 25.5 Å². The molecule has 2 rings (SSSR count). The van der Waals surface area contributed by atoms with Crippen molar-refractivity contribution in [2.24, 2.45) is 4.99 Å². The monoisotopic (exact) mass is 303 g/mol. The standard InChI is InChI=1S/C15H17N3O2S/c1-2-3-8-16-15(21)17-9-11-13(19)10-6-4-5-7-12(10)18-14(11)20/h4-7,9H,2-3,8H2,1H3,(H,16,21)(H2,18,19,20)/b17-9+. The summed E-state index contributed by atoms with van der Waals surface area (Å²) < 4.78 is 0. The number of rotatable bonds is 4. The molecule has 0 bridgehead atoms. The molecule has 0 aliphatic heterocycles. The van der Waals surface area contributed by atoms with Crippen molar-refractivity contribution >= 4 is 34.4 Å². The van der Waals surface area contributed by atoms with Crippen LogP contribution in [-0.4, -0.2) is 28.0 Å². The van der Waals surface area contributed by atoms with E-state index in [4.69, 9.17) is 12.2 Å². The minimum atomic E-state index is -0.397. The number of H-pyrrole nitrogens is 1. The fourth-order valence-electron chi connectivity index (χ4n) is 1.90. The minimum Gasteiger partial charge on any atom is -0.506 e. The van der Waals surface area contributed by atoms with Crippen LogP contribution in [0.2, 0.25) is 0 Å². The van der Waals surface area contributed by atoms with Crippen LogP contribution in [0.25, 0.3) is 10.9 Å². The number of hydrogen-bond acceptors (Lipinski definition) is 3. The highest BCUT2D eigenvalue weighted by atomic mass is 32.1. The summed E-state index contributed by atoms with van der Waals surface area (Å²) in [7, 11) is 0. The molecule has 110 valence electrons. The third kappa shape index (κ3) is 3.66. The molecule has 2 aromatic rings. The average molecular weight is 303 g/mol. The molecule has 0 spiro atoms. The first-order chi connectivity index (χ1) is 10.1. The summed E-state index contributed by atoms with van der Waals surface area (Å²) in [5, 5.41) is 14.0. The van der Waals surface area contributed by atoms with Crippen LogP contribution in [0, 0.1) is 0 Å². The second-order valence-corrected chi connectivity index (χ2v) is 4.99. The van der Waals surface area contributed by atoms with Gasteiger partial charge in [0.25, 0.3) is 5.56 Å². The predicted octanol–water partition coefficient (Wildman–Crippen LogP) is 2.33. The first kappa shape index (κ1) is 15.2. The molecule has 0 unspecified atom stereocenters. The molecule has 0 aliphatic carbocycles. The van der Waals surface area contributed by atoms with E-state index in [1.54, 1.807) is 24.3 Å². The number of para-hydroxylation sites is 1. The number of unbranched alkanes of at least 4 members (excludes halogenated alkanes) is 1. The number of aromatic hydroxyl groups is 1. The second-order valence-electron chi connectivity index (χ2n) is 4.61. The number of fused-ring (bicyclic) bond motifs is 1. The van der Waals surface area contributed by atoms with E-state index in [0.717, 1.165) is 19.4 Å². The van der Waals surface area contributed by atoms with Crippen molar-refractivity contribution in [2.75, 3.05) is 6.54 Å². The lowest BCUT2D eigenvalue weighted by Gasteiger charge is -2.04. The van der Waals surface area contributed by atoms with Crippen LogP contribution in [0.15, 0.2) is 34.1 Å². The number of benzene rings is 1. The molecule has 0 aliphatic rings. The van der Waals surface area contributed by atoms with Gasteiger partial charge in [-0.05, 0) is 30.8 Å². The van der Waals surface area contributed by atoms with Gasteiger partial charge in [-0.25, -0.2) is 4.99 Å². The summed E-state index contributed by atoms with van der Waals surface area (Å²) in [6.07, 6.45) is 3.35. The van der Waals surface area contributed by atoms with Gasteiger partial charge in [0, 0.05) is 18.1 Å². The van der Waals surface area contributed by atoms with Gasteiger partial charge in [0.2, 0.25) is 0 Å². The Hall–Kier alpha value is -2.21. The maximum atomic E-state index is 12.0. The molecule has 3 N–H and O–H groups in total. The van der Waals surface area contributed by atoms with E-state index in [-0.39, 0.29) is 11.3 Å². The van der Waals surface area contributed by atoms with Crippen molar-refractivity contribution in [1.29, 1.82) is 0 Å². The number of aliphatic imine (C=N–C) groups is 1. The summed E-state index contributed by atoms with van der Waals surface area (Å²) in [5.74, 6) is -0.0885. The molecule has 0 fully saturated rings. The van der Waals surface area contributed by atoms with Crippen LogP contribution in [0.3, 0.4) is 0 Å². The van der Waals surface area contributed by atoms with Gasteiger partial charge in [-0.2, -0.15) is 0 Å². The number of hydrogen-bond donors (Lipinski definition) is 3. The van der Waals surface area contributed by atoms with Gasteiger partial charge in [-0.15, -0.1) is 0 Å². The molecule has 1 aromatic carbocycles. The van der Waals surface area contributed by atoms with E-state index in [9.17, 15) is 9.90 Å². The van der Waals surface area contributed by atoms with Crippen LogP contribution >= 0.6 is 12.2 Å². The van der Waals surface area contributed by atoms with E-state index < -0.39 is 5.56 Å². The second kappa shape index (κ2) is 6.99. The Morgan fingerprint density at radius 1 is 1.48 bits per heavy atom. The Kier molecular flexibility index (Phi) is 5.05. The van der Waals surface area contributed by atoms with Crippen molar-refractivity contribution < 1.29 is 5.11 Å². The molecule has 0 radical (unpaired) electrons. The van der Waals surface area contributed by atoms with E-state index >= 15 is 0 Å². The van der Waals surface area contributed by atoms with Crippen molar-refractivity contribution in [1.82, 2.24) is 10.3 Å². The molecule has 1 aromatic heterocycles. The fraction of sp³-hybridized carbons (Fsp3) is 0.267. The van der Waals surface area contributed by atoms with Gasteiger partial charge in [0.15, 0.2) is 5.11 Å². The first-order valence-electron chi connectivity index (χ1n) is 6.79. The van der Waals surface area contributed by atoms with E-state index in [0.29, 0.717) is 16.0 Å². The summed E-state index contributed by atoms with van der Waals surface area (Å²) in [4.78, 5) is 18.7. The quantitative estimate of drug-likeness (QED) is 0.460. The number of nitrogens with zero attached hydrogens (tertiary/aromatic N) is 1. The van der Waals surface area contributed by atoms with E-state index in [1.807, 2.05) is 0 Å². The van der Waals surface area contributed by atoms with Crippen molar-refractivity contribution in [3.63, 3.8) is 0 Å². The Labute approximate surface area is 127 Å². The summed E-state index contributed by atoms with van der Waals surface area (Å²) >= 11 is 5.05. The van der Waals surface area contributed by atoms with Gasteiger partial charge >= 0.3 is 0 Å². The molecule has 1 heterocycles. The van der Waals surface area contributed by atoms with Gasteiger partial charge < -0.3 is 15.4 Å². The maximum absolute atomic E-state index is 12.0. The molecule has 0 saturated heterocycles. The Bertz CT molecular complexity index is 737. The Balaban J connectivity index is 2.26. The number of nitrogens with one attached hydrogen (secondary N) is 2. The van der Waals surface area contributed by atoms with Crippen molar-refractivity contribution in [3.05, 3.63) is 40.2 Å². The van der Waals surface area contributed by atoms with Crippen LogP contribution in [0.1, 0.15) is 25.3 Å². The highest BCUT2D eigenvalue weighted by Crippen LogP contribution is 2.23. The number of aromatic amines is 1. The lowest BCUT2D eigenvalue weighted by Crippen LogP contribution is -2.21. The number of pyridine rings is 1. The van der Waals surface area contributed by atoms with Crippen LogP contribution < -0.4 is 10.9 Å². The third-order valence-corrected chi connectivity index (χ3v) is 3.30. The molecule has 21 heavy (non-hydrogen) atoms. The SMILES string of the molecule is CCCCNC(=S)/N=C/c1c(O)c2ccccc2[nH]c1=O. The Morgan fingerprint density at radius 2 is 2.24 bits per heavy atom. The zero-order chi connectivity index (χ0) is 15.2. The lowest BCUT2D eigenvalue weighted by molar-refractivity contribution is 0.479. The average Bonchev–Trinajstić information content (AvgIpc) is 2.47. The molecule has 0 saturated carbocycles. The van der Waals surface area contributed by atoms with Crippen molar-refractivity contribution in [2.45, 2.75) is 19.8 Å². The highest BCUT2D eigenvalue weighted by Gasteiger charge is 2.09. The zero-order valence-electron chi connectivity index (χ0n) is 11.7. The Morgan fingerprint density at radius 3 is 3.00 bits per heavy atom. The normalized spacial score (nSPS) is 11.1.